The van der Waals surface area contributed by atoms with E-state index < -0.39 is 17.5 Å². The van der Waals surface area contributed by atoms with Crippen LogP contribution < -0.4 is 10.6 Å². The number of rotatable bonds is 5. The second kappa shape index (κ2) is 6.72. The van der Waals surface area contributed by atoms with E-state index in [4.69, 9.17) is 5.11 Å². The van der Waals surface area contributed by atoms with Crippen LogP contribution in [0.1, 0.15) is 33.6 Å². The Morgan fingerprint density at radius 1 is 1.44 bits per heavy atom. The van der Waals surface area contributed by atoms with Crippen molar-refractivity contribution in [2.75, 3.05) is 6.54 Å². The van der Waals surface area contributed by atoms with Gasteiger partial charge < -0.3 is 15.7 Å². The fraction of sp³-hybridized carbons (Fsp3) is 0.636. The molecule has 5 nitrogen and oxygen atoms in total. The van der Waals surface area contributed by atoms with Crippen molar-refractivity contribution in [3.63, 3.8) is 0 Å². The number of urea groups is 1. The Labute approximate surface area is 95.6 Å². The maximum Gasteiger partial charge on any atom is 0.329 e. The van der Waals surface area contributed by atoms with E-state index in [9.17, 15) is 9.59 Å². The zero-order valence-corrected chi connectivity index (χ0v) is 9.89. The van der Waals surface area contributed by atoms with E-state index in [1.165, 1.54) is 6.92 Å². The van der Waals surface area contributed by atoms with Gasteiger partial charge in [-0.1, -0.05) is 19.3 Å². The van der Waals surface area contributed by atoms with Crippen molar-refractivity contribution in [2.45, 2.75) is 39.2 Å². The van der Waals surface area contributed by atoms with Crippen molar-refractivity contribution in [1.82, 2.24) is 10.6 Å². The lowest BCUT2D eigenvalue weighted by molar-refractivity contribution is -0.144. The van der Waals surface area contributed by atoms with E-state index in [-0.39, 0.29) is 6.54 Å². The largest absolute Gasteiger partial charge is 0.480 e. The molecule has 0 radical (unpaired) electrons. The van der Waals surface area contributed by atoms with Crippen LogP contribution in [0.5, 0.6) is 0 Å². The van der Waals surface area contributed by atoms with Crippen molar-refractivity contribution in [3.8, 4) is 11.8 Å². The van der Waals surface area contributed by atoms with Crippen LogP contribution in [0.3, 0.4) is 0 Å². The van der Waals surface area contributed by atoms with E-state index in [1.54, 1.807) is 6.92 Å². The zero-order chi connectivity index (χ0) is 12.6. The summed E-state index contributed by atoms with van der Waals surface area (Å²) >= 11 is 0. The fourth-order valence-corrected chi connectivity index (χ4v) is 1.23. The molecule has 0 saturated carbocycles. The number of aliphatic carboxylic acids is 1. The summed E-state index contributed by atoms with van der Waals surface area (Å²) in [7, 11) is 0. The predicted molar refractivity (Wildman–Crippen MR) is 60.9 cm³/mol. The molecule has 2 amide bonds. The first-order valence-electron chi connectivity index (χ1n) is 5.15. The monoisotopic (exact) mass is 226 g/mol. The van der Waals surface area contributed by atoms with E-state index in [1.807, 2.05) is 6.92 Å². The number of carbonyl (C=O) groups excluding carboxylic acids is 1. The van der Waals surface area contributed by atoms with Gasteiger partial charge in [0.15, 0.2) is 0 Å². The Kier molecular flexibility index (Phi) is 6.01. The summed E-state index contributed by atoms with van der Waals surface area (Å²) in [6, 6.07) is -0.513. The Balaban J connectivity index is 4.33. The van der Waals surface area contributed by atoms with Gasteiger partial charge in [0, 0.05) is 0 Å². The lowest BCUT2D eigenvalue weighted by atomic mass is 9.97. The standard InChI is InChI=1S/C11H18N2O3/c1-4-6-8-12-10(16)13-11(3,7-5-2)9(14)15/h5,7-8H2,1-3H3,(H,14,15)(H2,12,13,16). The minimum atomic E-state index is -1.22. The smallest absolute Gasteiger partial charge is 0.329 e. The second-order valence-electron chi connectivity index (χ2n) is 3.62. The van der Waals surface area contributed by atoms with Crippen LogP contribution in [0.25, 0.3) is 0 Å². The van der Waals surface area contributed by atoms with Crippen molar-refractivity contribution in [3.05, 3.63) is 0 Å². The number of carboxylic acids is 1. The SMILES string of the molecule is CC#CCNC(=O)NC(C)(CCC)C(=O)O. The molecule has 0 aliphatic rings. The van der Waals surface area contributed by atoms with Crippen LogP contribution in [-0.2, 0) is 4.79 Å². The number of hydrogen-bond acceptors (Lipinski definition) is 2. The third kappa shape index (κ3) is 4.69. The molecule has 90 valence electrons. The maximum atomic E-state index is 11.4. The van der Waals surface area contributed by atoms with Gasteiger partial charge in [-0.3, -0.25) is 0 Å². The molecular weight excluding hydrogens is 208 g/mol. The Morgan fingerprint density at radius 3 is 2.50 bits per heavy atom. The van der Waals surface area contributed by atoms with Crippen LogP contribution in [0.2, 0.25) is 0 Å². The summed E-state index contributed by atoms with van der Waals surface area (Å²) < 4.78 is 0. The third-order valence-corrected chi connectivity index (χ3v) is 2.13. The molecule has 0 aliphatic heterocycles. The molecule has 0 bridgehead atoms. The first-order valence-corrected chi connectivity index (χ1v) is 5.15. The van der Waals surface area contributed by atoms with Crippen LogP contribution in [-0.4, -0.2) is 29.2 Å². The van der Waals surface area contributed by atoms with E-state index in [2.05, 4.69) is 22.5 Å². The molecule has 0 aromatic heterocycles. The first kappa shape index (κ1) is 14.3. The number of amides is 2. The summed E-state index contributed by atoms with van der Waals surface area (Å²) in [5.41, 5.74) is -1.22. The molecule has 0 aromatic rings. The van der Waals surface area contributed by atoms with Crippen molar-refractivity contribution in [2.24, 2.45) is 0 Å². The molecule has 0 aliphatic carbocycles. The molecule has 3 N–H and O–H groups in total. The molecule has 5 heteroatoms. The normalized spacial score (nSPS) is 12.9. The molecule has 0 spiro atoms. The molecule has 1 atom stereocenters. The summed E-state index contributed by atoms with van der Waals surface area (Å²) in [6.45, 7) is 5.23. The van der Waals surface area contributed by atoms with E-state index in [0.29, 0.717) is 12.8 Å². The minimum absolute atomic E-state index is 0.212. The zero-order valence-electron chi connectivity index (χ0n) is 9.89. The molecule has 0 rings (SSSR count). The predicted octanol–water partition coefficient (Wildman–Crippen LogP) is 0.952. The maximum absolute atomic E-state index is 11.4. The fourth-order valence-electron chi connectivity index (χ4n) is 1.23. The number of hydrogen-bond donors (Lipinski definition) is 3. The molecule has 0 fully saturated rings. The van der Waals surface area contributed by atoms with Crippen LogP contribution in [0.4, 0.5) is 4.79 Å². The Morgan fingerprint density at radius 2 is 2.06 bits per heavy atom. The first-order chi connectivity index (χ1) is 7.46. The van der Waals surface area contributed by atoms with E-state index in [0.717, 1.165) is 0 Å². The molecule has 1 unspecified atom stereocenters. The highest BCUT2D eigenvalue weighted by Crippen LogP contribution is 2.12. The van der Waals surface area contributed by atoms with Gasteiger partial charge in [0.1, 0.15) is 5.54 Å². The molecule has 0 saturated heterocycles. The second-order valence-corrected chi connectivity index (χ2v) is 3.62. The minimum Gasteiger partial charge on any atom is -0.480 e. The highest BCUT2D eigenvalue weighted by atomic mass is 16.4. The number of carboxylic acid groups (broad SMARTS) is 1. The van der Waals surface area contributed by atoms with Gasteiger partial charge in [0.25, 0.3) is 0 Å². The van der Waals surface area contributed by atoms with Crippen LogP contribution in [0, 0.1) is 11.8 Å². The van der Waals surface area contributed by atoms with Crippen molar-refractivity contribution in [1.29, 1.82) is 0 Å². The third-order valence-electron chi connectivity index (χ3n) is 2.13. The van der Waals surface area contributed by atoms with Gasteiger partial charge in [0.05, 0.1) is 6.54 Å². The molecule has 0 aromatic carbocycles. The van der Waals surface area contributed by atoms with Crippen LogP contribution in [0.15, 0.2) is 0 Å². The Bertz CT molecular complexity index is 317. The highest BCUT2D eigenvalue weighted by molar-refractivity contribution is 5.85. The van der Waals surface area contributed by atoms with Gasteiger partial charge in [0.2, 0.25) is 0 Å². The summed E-state index contributed by atoms with van der Waals surface area (Å²) in [5, 5.41) is 13.9. The van der Waals surface area contributed by atoms with Gasteiger partial charge >= 0.3 is 12.0 Å². The topological polar surface area (TPSA) is 78.4 Å². The lowest BCUT2D eigenvalue weighted by Crippen LogP contribution is -2.55. The Hall–Kier alpha value is -1.70. The number of carbonyl (C=O) groups is 2. The van der Waals surface area contributed by atoms with Gasteiger partial charge in [-0.2, -0.15) is 0 Å². The van der Waals surface area contributed by atoms with Crippen LogP contribution >= 0.6 is 0 Å². The summed E-state index contributed by atoms with van der Waals surface area (Å²) in [5.74, 6) is 4.25. The van der Waals surface area contributed by atoms with Gasteiger partial charge in [-0.15, -0.1) is 5.92 Å². The molecular formula is C11H18N2O3. The quantitative estimate of drug-likeness (QED) is 0.611. The van der Waals surface area contributed by atoms with Gasteiger partial charge in [-0.25, -0.2) is 9.59 Å². The van der Waals surface area contributed by atoms with Gasteiger partial charge in [-0.05, 0) is 20.3 Å². The average Bonchev–Trinajstić information content (AvgIpc) is 2.18. The van der Waals surface area contributed by atoms with Crippen molar-refractivity contribution < 1.29 is 14.7 Å². The average molecular weight is 226 g/mol. The molecule has 16 heavy (non-hydrogen) atoms. The summed E-state index contributed by atoms with van der Waals surface area (Å²) in [4.78, 5) is 22.4. The lowest BCUT2D eigenvalue weighted by Gasteiger charge is -2.25. The van der Waals surface area contributed by atoms with Crippen molar-refractivity contribution >= 4 is 12.0 Å². The number of nitrogens with one attached hydrogen (secondary N) is 2. The highest BCUT2D eigenvalue weighted by Gasteiger charge is 2.33. The summed E-state index contributed by atoms with van der Waals surface area (Å²) in [6.07, 6.45) is 1.06. The van der Waals surface area contributed by atoms with E-state index >= 15 is 0 Å². The molecule has 0 heterocycles.